The minimum absolute atomic E-state index is 0.216. The number of hydrogen-bond acceptors (Lipinski definition) is 3. The summed E-state index contributed by atoms with van der Waals surface area (Å²) in [6, 6.07) is 2.15. The number of halogens is 2. The summed E-state index contributed by atoms with van der Waals surface area (Å²) < 4.78 is 7.32. The van der Waals surface area contributed by atoms with Crippen LogP contribution in [0.1, 0.15) is 44.2 Å². The van der Waals surface area contributed by atoms with Gasteiger partial charge in [0.15, 0.2) is 0 Å². The highest BCUT2D eigenvalue weighted by Crippen LogP contribution is 2.34. The summed E-state index contributed by atoms with van der Waals surface area (Å²) >= 11 is 13.5. The van der Waals surface area contributed by atoms with Crippen LogP contribution in [0.25, 0.3) is 0 Å². The molecular formula is C13H19Cl2NOS. The van der Waals surface area contributed by atoms with Crippen LogP contribution in [0.3, 0.4) is 0 Å². The molecule has 1 saturated carbocycles. The van der Waals surface area contributed by atoms with E-state index < -0.39 is 0 Å². The van der Waals surface area contributed by atoms with Gasteiger partial charge in [-0.05, 0) is 31.4 Å². The average molecular weight is 308 g/mol. The maximum Gasteiger partial charge on any atom is 0.0991 e. The molecule has 1 N–H and O–H groups in total. The molecule has 0 amide bonds. The lowest BCUT2D eigenvalue weighted by atomic mass is 10.2. The Morgan fingerprint density at radius 1 is 1.44 bits per heavy atom. The number of nitrogens with one attached hydrogen (secondary N) is 1. The first kappa shape index (κ1) is 14.6. The van der Waals surface area contributed by atoms with Crippen molar-refractivity contribution < 1.29 is 4.74 Å². The van der Waals surface area contributed by atoms with Crippen LogP contribution in [-0.2, 0) is 4.74 Å². The summed E-state index contributed by atoms with van der Waals surface area (Å²) in [5, 5.41) is 3.42. The molecule has 1 heterocycles. The van der Waals surface area contributed by atoms with Crippen LogP contribution >= 0.6 is 34.5 Å². The van der Waals surface area contributed by atoms with E-state index in [1.807, 2.05) is 6.07 Å². The van der Waals surface area contributed by atoms with E-state index in [0.29, 0.717) is 6.10 Å². The molecule has 1 aromatic rings. The van der Waals surface area contributed by atoms with Crippen molar-refractivity contribution in [2.45, 2.75) is 44.8 Å². The van der Waals surface area contributed by atoms with Crippen molar-refractivity contribution in [1.82, 2.24) is 5.32 Å². The number of thiophene rings is 1. The highest BCUT2D eigenvalue weighted by atomic mass is 35.5. The first-order valence-electron chi connectivity index (χ1n) is 6.46. The number of rotatable bonds is 6. The van der Waals surface area contributed by atoms with Gasteiger partial charge in [0, 0.05) is 12.6 Å². The number of ether oxygens (including phenoxy) is 1. The summed E-state index contributed by atoms with van der Waals surface area (Å²) in [5.41, 5.74) is 1.08. The monoisotopic (exact) mass is 307 g/mol. The van der Waals surface area contributed by atoms with Crippen molar-refractivity contribution in [1.29, 1.82) is 0 Å². The van der Waals surface area contributed by atoms with Crippen LogP contribution in [0.2, 0.25) is 8.67 Å². The normalized spacial score (nSPS) is 18.4. The van der Waals surface area contributed by atoms with Crippen molar-refractivity contribution in [3.63, 3.8) is 0 Å². The van der Waals surface area contributed by atoms with Gasteiger partial charge < -0.3 is 10.1 Å². The molecule has 2 rings (SSSR count). The summed E-state index contributed by atoms with van der Waals surface area (Å²) in [5.74, 6) is 0. The van der Waals surface area contributed by atoms with Crippen LogP contribution in [0.15, 0.2) is 6.07 Å². The molecule has 0 radical (unpaired) electrons. The molecular weight excluding hydrogens is 289 g/mol. The molecule has 1 atom stereocenters. The van der Waals surface area contributed by atoms with E-state index in [4.69, 9.17) is 27.9 Å². The largest absolute Gasteiger partial charge is 0.377 e. The first-order chi connectivity index (χ1) is 8.66. The third kappa shape index (κ3) is 4.10. The molecule has 18 heavy (non-hydrogen) atoms. The van der Waals surface area contributed by atoms with Gasteiger partial charge in [-0.15, -0.1) is 11.3 Å². The molecule has 5 heteroatoms. The fourth-order valence-electron chi connectivity index (χ4n) is 2.31. The van der Waals surface area contributed by atoms with Gasteiger partial charge in [-0.1, -0.05) is 36.0 Å². The van der Waals surface area contributed by atoms with E-state index in [0.717, 1.165) is 27.4 Å². The first-order valence-corrected chi connectivity index (χ1v) is 8.04. The van der Waals surface area contributed by atoms with E-state index in [9.17, 15) is 0 Å². The molecule has 0 aliphatic heterocycles. The lowest BCUT2D eigenvalue weighted by Crippen LogP contribution is -2.24. The quantitative estimate of drug-likeness (QED) is 0.771. The lowest BCUT2D eigenvalue weighted by Gasteiger charge is -2.15. The SMILES string of the molecule is CC(NCCOC1CCCC1)c1cc(Cl)sc1Cl. The Morgan fingerprint density at radius 3 is 2.78 bits per heavy atom. The van der Waals surface area contributed by atoms with Gasteiger partial charge >= 0.3 is 0 Å². The summed E-state index contributed by atoms with van der Waals surface area (Å²) in [6.45, 7) is 3.71. The molecule has 1 aromatic heterocycles. The van der Waals surface area contributed by atoms with Gasteiger partial charge in [-0.3, -0.25) is 0 Å². The van der Waals surface area contributed by atoms with E-state index in [2.05, 4.69) is 12.2 Å². The van der Waals surface area contributed by atoms with Gasteiger partial charge in [-0.25, -0.2) is 0 Å². The maximum absolute atomic E-state index is 6.12. The molecule has 0 saturated heterocycles. The van der Waals surface area contributed by atoms with Crippen molar-refractivity contribution in [3.05, 3.63) is 20.3 Å². The van der Waals surface area contributed by atoms with Gasteiger partial charge in [0.2, 0.25) is 0 Å². The molecule has 1 unspecified atom stereocenters. The van der Waals surface area contributed by atoms with E-state index >= 15 is 0 Å². The molecule has 1 aliphatic rings. The highest BCUT2D eigenvalue weighted by Gasteiger charge is 2.16. The summed E-state index contributed by atoms with van der Waals surface area (Å²) in [6.07, 6.45) is 5.57. The zero-order valence-corrected chi connectivity index (χ0v) is 12.9. The van der Waals surface area contributed by atoms with Crippen LogP contribution in [-0.4, -0.2) is 19.3 Å². The molecule has 2 nitrogen and oxygen atoms in total. The Labute approximate surface area is 123 Å². The topological polar surface area (TPSA) is 21.3 Å². The van der Waals surface area contributed by atoms with Crippen LogP contribution < -0.4 is 5.32 Å². The van der Waals surface area contributed by atoms with Gasteiger partial charge in [0.25, 0.3) is 0 Å². The second kappa shape index (κ2) is 7.11. The fourth-order valence-corrected chi connectivity index (χ4v) is 3.96. The molecule has 0 bridgehead atoms. The third-order valence-corrected chi connectivity index (χ3v) is 4.88. The van der Waals surface area contributed by atoms with Crippen LogP contribution in [0.4, 0.5) is 0 Å². The smallest absolute Gasteiger partial charge is 0.0991 e. The minimum atomic E-state index is 0.216. The average Bonchev–Trinajstić information content (AvgIpc) is 2.94. The van der Waals surface area contributed by atoms with Gasteiger partial charge in [-0.2, -0.15) is 0 Å². The van der Waals surface area contributed by atoms with Crippen LogP contribution in [0.5, 0.6) is 0 Å². The molecule has 1 aliphatic carbocycles. The predicted molar refractivity (Wildman–Crippen MR) is 79.0 cm³/mol. The molecule has 0 spiro atoms. The Morgan fingerprint density at radius 2 is 2.17 bits per heavy atom. The Hall–Kier alpha value is 0.200. The minimum Gasteiger partial charge on any atom is -0.377 e. The van der Waals surface area contributed by atoms with Crippen molar-refractivity contribution in [2.75, 3.05) is 13.2 Å². The third-order valence-electron chi connectivity index (χ3n) is 3.36. The Bertz CT molecular complexity index is 377. The fraction of sp³-hybridized carbons (Fsp3) is 0.692. The van der Waals surface area contributed by atoms with Crippen LogP contribution in [0, 0.1) is 0 Å². The van der Waals surface area contributed by atoms with Gasteiger partial charge in [0.1, 0.15) is 0 Å². The molecule has 1 fully saturated rings. The highest BCUT2D eigenvalue weighted by molar-refractivity contribution is 7.20. The van der Waals surface area contributed by atoms with Gasteiger partial charge in [0.05, 0.1) is 21.4 Å². The van der Waals surface area contributed by atoms with Crippen molar-refractivity contribution in [2.24, 2.45) is 0 Å². The zero-order valence-electron chi connectivity index (χ0n) is 10.5. The number of hydrogen-bond donors (Lipinski definition) is 1. The Kier molecular flexibility index (Phi) is 5.77. The lowest BCUT2D eigenvalue weighted by molar-refractivity contribution is 0.0593. The summed E-state index contributed by atoms with van der Waals surface area (Å²) in [7, 11) is 0. The summed E-state index contributed by atoms with van der Waals surface area (Å²) in [4.78, 5) is 0. The molecule has 0 aromatic carbocycles. The van der Waals surface area contributed by atoms with E-state index in [1.54, 1.807) is 0 Å². The predicted octanol–water partition coefficient (Wildman–Crippen LogP) is 4.66. The van der Waals surface area contributed by atoms with Crippen molar-refractivity contribution in [3.8, 4) is 0 Å². The molecule has 102 valence electrons. The maximum atomic E-state index is 6.12. The van der Waals surface area contributed by atoms with E-state index in [1.165, 1.54) is 37.0 Å². The standard InChI is InChI=1S/C13H19Cl2NOS/c1-9(11-8-12(14)18-13(11)15)16-6-7-17-10-4-2-3-5-10/h8-10,16H,2-7H2,1H3. The van der Waals surface area contributed by atoms with E-state index in [-0.39, 0.29) is 6.04 Å². The second-order valence-electron chi connectivity index (χ2n) is 4.73. The van der Waals surface area contributed by atoms with Crippen molar-refractivity contribution >= 4 is 34.5 Å². The zero-order chi connectivity index (χ0) is 13.0. The Balaban J connectivity index is 1.68. The second-order valence-corrected chi connectivity index (χ2v) is 7.02.